The Balaban J connectivity index is 2.05. The third kappa shape index (κ3) is 3.27. The van der Waals surface area contributed by atoms with Crippen molar-refractivity contribution in [3.05, 3.63) is 29.6 Å². The van der Waals surface area contributed by atoms with E-state index < -0.39 is 6.10 Å². The van der Waals surface area contributed by atoms with E-state index in [2.05, 4.69) is 6.92 Å². The van der Waals surface area contributed by atoms with E-state index in [4.69, 9.17) is 4.74 Å². The summed E-state index contributed by atoms with van der Waals surface area (Å²) in [6.07, 6.45) is 5.87. The van der Waals surface area contributed by atoms with Crippen LogP contribution in [0.3, 0.4) is 0 Å². The molecule has 1 aliphatic carbocycles. The number of aliphatic hydroxyl groups excluding tert-OH is 1. The lowest BCUT2D eigenvalue weighted by Gasteiger charge is -2.38. The number of hydrogen-bond acceptors (Lipinski definition) is 2. The van der Waals surface area contributed by atoms with Crippen LogP contribution in [0.4, 0.5) is 4.39 Å². The van der Waals surface area contributed by atoms with Crippen LogP contribution in [-0.2, 0) is 6.42 Å². The molecule has 0 aliphatic heterocycles. The van der Waals surface area contributed by atoms with Gasteiger partial charge in [0, 0.05) is 0 Å². The Hall–Kier alpha value is -1.09. The molecular formula is C16H23FO2. The van der Waals surface area contributed by atoms with E-state index in [-0.39, 0.29) is 17.0 Å². The second-order valence-electron chi connectivity index (χ2n) is 5.90. The van der Waals surface area contributed by atoms with E-state index in [1.165, 1.54) is 32.4 Å². The Labute approximate surface area is 114 Å². The van der Waals surface area contributed by atoms with Gasteiger partial charge in [0.1, 0.15) is 0 Å². The number of methoxy groups -OCH3 is 1. The normalized spacial score (nSPS) is 20.0. The van der Waals surface area contributed by atoms with Crippen molar-refractivity contribution in [3.63, 3.8) is 0 Å². The maximum atomic E-state index is 13.6. The lowest BCUT2D eigenvalue weighted by atomic mass is 9.70. The maximum absolute atomic E-state index is 13.6. The number of rotatable bonds is 4. The minimum absolute atomic E-state index is 0.0192. The van der Waals surface area contributed by atoms with Gasteiger partial charge in [0.05, 0.1) is 13.2 Å². The molecule has 1 atom stereocenters. The van der Waals surface area contributed by atoms with E-state index in [0.29, 0.717) is 6.42 Å². The van der Waals surface area contributed by atoms with Gasteiger partial charge in [-0.2, -0.15) is 0 Å². The van der Waals surface area contributed by atoms with Crippen LogP contribution < -0.4 is 4.74 Å². The summed E-state index contributed by atoms with van der Waals surface area (Å²) in [6, 6.07) is 4.92. The summed E-state index contributed by atoms with van der Waals surface area (Å²) in [6.45, 7) is 2.15. The zero-order chi connectivity index (χ0) is 13.9. The van der Waals surface area contributed by atoms with Gasteiger partial charge in [-0.05, 0) is 42.4 Å². The first kappa shape index (κ1) is 14.3. The van der Waals surface area contributed by atoms with E-state index in [9.17, 15) is 9.50 Å². The molecule has 106 valence electrons. The molecule has 2 rings (SSSR count). The van der Waals surface area contributed by atoms with Crippen LogP contribution >= 0.6 is 0 Å². The van der Waals surface area contributed by atoms with Gasteiger partial charge in [0.15, 0.2) is 11.6 Å². The number of ether oxygens (including phenoxy) is 1. The molecule has 0 spiro atoms. The fourth-order valence-electron chi connectivity index (χ4n) is 3.00. The highest BCUT2D eigenvalue weighted by Gasteiger charge is 2.34. The Bertz CT molecular complexity index is 425. The predicted molar refractivity (Wildman–Crippen MR) is 73.9 cm³/mol. The SMILES string of the molecule is COc1ccc(CC(O)C2(C)CCCCC2)cc1F. The summed E-state index contributed by atoms with van der Waals surface area (Å²) < 4.78 is 18.5. The van der Waals surface area contributed by atoms with Crippen LogP contribution in [0.5, 0.6) is 5.75 Å². The van der Waals surface area contributed by atoms with Crippen molar-refractivity contribution in [1.82, 2.24) is 0 Å². The minimum atomic E-state index is -0.402. The Morgan fingerprint density at radius 1 is 1.32 bits per heavy atom. The van der Waals surface area contributed by atoms with E-state index in [1.54, 1.807) is 6.07 Å². The molecule has 1 aliphatic rings. The highest BCUT2D eigenvalue weighted by Crippen LogP contribution is 2.39. The molecule has 1 unspecified atom stereocenters. The molecule has 1 fully saturated rings. The van der Waals surface area contributed by atoms with Crippen LogP contribution in [0, 0.1) is 11.2 Å². The van der Waals surface area contributed by atoms with Crippen molar-refractivity contribution < 1.29 is 14.2 Å². The Morgan fingerprint density at radius 2 is 2.00 bits per heavy atom. The Morgan fingerprint density at radius 3 is 2.58 bits per heavy atom. The largest absolute Gasteiger partial charge is 0.494 e. The molecule has 1 saturated carbocycles. The highest BCUT2D eigenvalue weighted by molar-refractivity contribution is 5.29. The molecule has 0 amide bonds. The highest BCUT2D eigenvalue weighted by atomic mass is 19.1. The molecule has 1 N–H and O–H groups in total. The summed E-state index contributed by atoms with van der Waals surface area (Å²) in [4.78, 5) is 0. The fraction of sp³-hybridized carbons (Fsp3) is 0.625. The quantitative estimate of drug-likeness (QED) is 0.900. The van der Waals surface area contributed by atoms with Crippen molar-refractivity contribution in [2.24, 2.45) is 5.41 Å². The zero-order valence-electron chi connectivity index (χ0n) is 11.8. The standard InChI is InChI=1S/C16H23FO2/c1-16(8-4-3-5-9-16)15(18)11-12-6-7-14(19-2)13(17)10-12/h6-7,10,15,18H,3-5,8-9,11H2,1-2H3. The predicted octanol–water partition coefficient (Wildman–Crippen LogP) is 3.71. The van der Waals surface area contributed by atoms with E-state index >= 15 is 0 Å². The molecule has 2 nitrogen and oxygen atoms in total. The molecule has 0 bridgehead atoms. The van der Waals surface area contributed by atoms with Crippen LogP contribution in [-0.4, -0.2) is 18.3 Å². The molecule has 1 aromatic rings. The average molecular weight is 266 g/mol. The smallest absolute Gasteiger partial charge is 0.165 e. The van der Waals surface area contributed by atoms with Gasteiger partial charge in [-0.3, -0.25) is 0 Å². The number of benzene rings is 1. The van der Waals surface area contributed by atoms with Crippen molar-refractivity contribution in [3.8, 4) is 5.75 Å². The third-order valence-corrected chi connectivity index (χ3v) is 4.45. The van der Waals surface area contributed by atoms with Crippen molar-refractivity contribution in [2.75, 3.05) is 7.11 Å². The average Bonchev–Trinajstić information content (AvgIpc) is 2.40. The fourth-order valence-corrected chi connectivity index (χ4v) is 3.00. The van der Waals surface area contributed by atoms with E-state index in [1.807, 2.05) is 6.07 Å². The molecule has 3 heteroatoms. The molecular weight excluding hydrogens is 243 g/mol. The first-order valence-corrected chi connectivity index (χ1v) is 7.06. The van der Waals surface area contributed by atoms with Crippen molar-refractivity contribution >= 4 is 0 Å². The summed E-state index contributed by atoms with van der Waals surface area (Å²) in [7, 11) is 1.45. The Kier molecular flexibility index (Phi) is 4.46. The van der Waals surface area contributed by atoms with Gasteiger partial charge >= 0.3 is 0 Å². The molecule has 0 aromatic heterocycles. The van der Waals surface area contributed by atoms with Gasteiger partial charge in [-0.15, -0.1) is 0 Å². The second kappa shape index (κ2) is 5.91. The number of hydrogen-bond donors (Lipinski definition) is 1. The van der Waals surface area contributed by atoms with Crippen molar-refractivity contribution in [1.29, 1.82) is 0 Å². The van der Waals surface area contributed by atoms with Gasteiger partial charge in [0.25, 0.3) is 0 Å². The lowest BCUT2D eigenvalue weighted by molar-refractivity contribution is 0.0103. The topological polar surface area (TPSA) is 29.5 Å². The van der Waals surface area contributed by atoms with Gasteiger partial charge < -0.3 is 9.84 Å². The first-order chi connectivity index (χ1) is 9.05. The molecule has 0 radical (unpaired) electrons. The number of halogens is 1. The zero-order valence-corrected chi connectivity index (χ0v) is 11.8. The molecule has 1 aromatic carbocycles. The summed E-state index contributed by atoms with van der Waals surface area (Å²) >= 11 is 0. The van der Waals surface area contributed by atoms with Crippen LogP contribution in [0.1, 0.15) is 44.6 Å². The summed E-state index contributed by atoms with van der Waals surface area (Å²) in [5.74, 6) is -0.108. The molecule has 0 saturated heterocycles. The second-order valence-corrected chi connectivity index (χ2v) is 5.90. The van der Waals surface area contributed by atoms with Gasteiger partial charge in [-0.1, -0.05) is 32.3 Å². The summed E-state index contributed by atoms with van der Waals surface area (Å²) in [5, 5.41) is 10.5. The van der Waals surface area contributed by atoms with Crippen LogP contribution in [0.2, 0.25) is 0 Å². The maximum Gasteiger partial charge on any atom is 0.165 e. The first-order valence-electron chi connectivity index (χ1n) is 7.06. The van der Waals surface area contributed by atoms with Crippen molar-refractivity contribution in [2.45, 2.75) is 51.6 Å². The number of aliphatic hydroxyl groups is 1. The van der Waals surface area contributed by atoms with Crippen LogP contribution in [0.15, 0.2) is 18.2 Å². The summed E-state index contributed by atoms with van der Waals surface area (Å²) in [5.41, 5.74) is 0.812. The third-order valence-electron chi connectivity index (χ3n) is 4.45. The molecule has 0 heterocycles. The van der Waals surface area contributed by atoms with Gasteiger partial charge in [-0.25, -0.2) is 4.39 Å². The van der Waals surface area contributed by atoms with Crippen LogP contribution in [0.25, 0.3) is 0 Å². The van der Waals surface area contributed by atoms with E-state index in [0.717, 1.165) is 18.4 Å². The van der Waals surface area contributed by atoms with Gasteiger partial charge in [0.2, 0.25) is 0 Å². The monoisotopic (exact) mass is 266 g/mol. The minimum Gasteiger partial charge on any atom is -0.494 e. The molecule has 19 heavy (non-hydrogen) atoms. The lowest BCUT2D eigenvalue weighted by Crippen LogP contribution is -2.35.